The molecule has 0 spiro atoms. The second-order valence-corrected chi connectivity index (χ2v) is 7.71. The van der Waals surface area contributed by atoms with Gasteiger partial charge >= 0.3 is 0 Å². The minimum absolute atomic E-state index is 0.0522. The zero-order valence-corrected chi connectivity index (χ0v) is 17.6. The van der Waals surface area contributed by atoms with E-state index in [0.717, 1.165) is 19.4 Å². The lowest BCUT2D eigenvalue weighted by Crippen LogP contribution is -2.54. The van der Waals surface area contributed by atoms with Gasteiger partial charge in [-0.2, -0.15) is 0 Å². The fourth-order valence-electron chi connectivity index (χ4n) is 2.95. The Bertz CT molecular complexity index is 466. The van der Waals surface area contributed by atoms with Gasteiger partial charge in [0.1, 0.15) is 12.1 Å². The lowest BCUT2D eigenvalue weighted by molar-refractivity contribution is -0.147. The molecule has 0 bridgehead atoms. The summed E-state index contributed by atoms with van der Waals surface area (Å²) >= 11 is 0. The van der Waals surface area contributed by atoms with Crippen molar-refractivity contribution in [1.29, 1.82) is 0 Å². The Hall–Kier alpha value is -1.63. The van der Waals surface area contributed by atoms with E-state index in [-0.39, 0.29) is 17.7 Å². The van der Waals surface area contributed by atoms with Gasteiger partial charge in [-0.05, 0) is 52.2 Å². The van der Waals surface area contributed by atoms with Crippen LogP contribution in [0.5, 0.6) is 0 Å². The highest BCUT2D eigenvalue weighted by Gasteiger charge is 2.33. The molecule has 0 aromatic heterocycles. The molecule has 0 aliphatic rings. The molecule has 0 aliphatic carbocycles. The maximum absolute atomic E-state index is 13.1. The van der Waals surface area contributed by atoms with E-state index < -0.39 is 18.0 Å². The Labute approximate surface area is 158 Å². The van der Waals surface area contributed by atoms with E-state index in [1.807, 2.05) is 39.8 Å². The highest BCUT2D eigenvalue weighted by molar-refractivity contribution is 5.91. The molecule has 0 fully saturated rings. The maximum Gasteiger partial charge on any atom is 0.245 e. The predicted octanol–water partition coefficient (Wildman–Crippen LogP) is 1.31. The Kier molecular flexibility index (Phi) is 11.1. The maximum atomic E-state index is 13.1. The highest BCUT2D eigenvalue weighted by atomic mass is 16.2. The summed E-state index contributed by atoms with van der Waals surface area (Å²) in [5, 5.41) is 0. The van der Waals surface area contributed by atoms with E-state index in [0.29, 0.717) is 19.3 Å². The summed E-state index contributed by atoms with van der Waals surface area (Å²) in [7, 11) is 7.23. The number of primary amides is 1. The Morgan fingerprint density at radius 2 is 1.54 bits per heavy atom. The van der Waals surface area contributed by atoms with Crippen LogP contribution in [0.15, 0.2) is 0 Å². The van der Waals surface area contributed by atoms with Crippen LogP contribution >= 0.6 is 0 Å². The van der Waals surface area contributed by atoms with Gasteiger partial charge in [0.25, 0.3) is 0 Å². The summed E-state index contributed by atoms with van der Waals surface area (Å²) < 4.78 is 0. The van der Waals surface area contributed by atoms with Crippen LogP contribution in [0.3, 0.4) is 0 Å². The van der Waals surface area contributed by atoms with Crippen molar-refractivity contribution in [3.05, 3.63) is 0 Å². The third-order valence-electron chi connectivity index (χ3n) is 4.53. The number of nitrogens with zero attached hydrogens (tertiary/aromatic N) is 3. The minimum Gasteiger partial charge on any atom is -0.368 e. The third kappa shape index (κ3) is 8.17. The highest BCUT2D eigenvalue weighted by Crippen LogP contribution is 2.16. The molecule has 152 valence electrons. The van der Waals surface area contributed by atoms with Crippen LogP contribution in [-0.2, 0) is 14.4 Å². The van der Waals surface area contributed by atoms with E-state index in [2.05, 4.69) is 0 Å². The number of hydrogen-bond donors (Lipinski definition) is 1. The second-order valence-electron chi connectivity index (χ2n) is 7.71. The summed E-state index contributed by atoms with van der Waals surface area (Å²) in [6.07, 6.45) is 2.99. The molecule has 0 saturated heterocycles. The van der Waals surface area contributed by atoms with Gasteiger partial charge < -0.3 is 20.4 Å². The minimum atomic E-state index is -0.659. The van der Waals surface area contributed by atoms with Gasteiger partial charge in [-0.3, -0.25) is 14.4 Å². The molecule has 0 aromatic carbocycles. The lowest BCUT2D eigenvalue weighted by atomic mass is 10.00. The number of carbonyl (C=O) groups is 3. The van der Waals surface area contributed by atoms with Gasteiger partial charge in [0.2, 0.25) is 17.7 Å². The number of hydrogen-bond acceptors (Lipinski definition) is 4. The molecular formula is C19H38N4O3. The lowest BCUT2D eigenvalue weighted by Gasteiger charge is -2.34. The van der Waals surface area contributed by atoms with E-state index in [9.17, 15) is 14.4 Å². The fourth-order valence-corrected chi connectivity index (χ4v) is 2.95. The molecule has 7 nitrogen and oxygen atoms in total. The summed E-state index contributed by atoms with van der Waals surface area (Å²) in [6.45, 7) is 6.74. The normalized spacial score (nSPS) is 13.6. The first-order chi connectivity index (χ1) is 12.0. The van der Waals surface area contributed by atoms with Crippen molar-refractivity contribution in [1.82, 2.24) is 14.7 Å². The summed E-state index contributed by atoms with van der Waals surface area (Å²) in [5.74, 6) is -0.553. The van der Waals surface area contributed by atoms with Gasteiger partial charge in [-0.15, -0.1) is 0 Å². The Morgan fingerprint density at radius 1 is 0.962 bits per heavy atom. The van der Waals surface area contributed by atoms with Crippen molar-refractivity contribution in [3.63, 3.8) is 0 Å². The smallest absolute Gasteiger partial charge is 0.245 e. The van der Waals surface area contributed by atoms with Gasteiger partial charge in [0.05, 0.1) is 0 Å². The van der Waals surface area contributed by atoms with Crippen molar-refractivity contribution < 1.29 is 14.4 Å². The molecule has 0 unspecified atom stereocenters. The molecule has 0 rings (SSSR count). The van der Waals surface area contributed by atoms with Gasteiger partial charge in [0, 0.05) is 20.5 Å². The number of rotatable bonds is 12. The fraction of sp³-hybridized carbons (Fsp3) is 0.842. The molecule has 2 N–H and O–H groups in total. The van der Waals surface area contributed by atoms with Crippen LogP contribution in [-0.4, -0.2) is 79.2 Å². The van der Waals surface area contributed by atoms with E-state index in [1.165, 1.54) is 9.80 Å². The predicted molar refractivity (Wildman–Crippen MR) is 104 cm³/mol. The largest absolute Gasteiger partial charge is 0.368 e. The zero-order valence-electron chi connectivity index (χ0n) is 17.6. The molecular weight excluding hydrogens is 332 g/mol. The second kappa shape index (κ2) is 11.9. The van der Waals surface area contributed by atoms with Gasteiger partial charge in [-0.1, -0.05) is 20.8 Å². The standard InChI is InChI=1S/C19H38N4O3/c1-8-10-17(24)22(6)15(11-9-12-21(4)5)19(26)23(7)16(18(20)25)13-14(2)3/h14-16H,8-13H2,1-7H3,(H2,20,25)/t15-,16+/m1/s1. The van der Waals surface area contributed by atoms with Crippen molar-refractivity contribution in [2.45, 2.75) is 65.0 Å². The molecule has 26 heavy (non-hydrogen) atoms. The molecule has 0 heterocycles. The zero-order chi connectivity index (χ0) is 20.4. The third-order valence-corrected chi connectivity index (χ3v) is 4.53. The SMILES string of the molecule is CCCC(=O)N(C)[C@H](CCCN(C)C)C(=O)N(C)[C@@H](CC(C)C)C(N)=O. The number of nitrogens with two attached hydrogens (primary N) is 1. The van der Waals surface area contributed by atoms with Gasteiger partial charge in [-0.25, -0.2) is 0 Å². The van der Waals surface area contributed by atoms with E-state index >= 15 is 0 Å². The van der Waals surface area contributed by atoms with Crippen LogP contribution in [0.4, 0.5) is 0 Å². The molecule has 0 radical (unpaired) electrons. The molecule has 3 amide bonds. The van der Waals surface area contributed by atoms with Crippen molar-refractivity contribution in [2.24, 2.45) is 11.7 Å². The Balaban J connectivity index is 5.37. The number of amides is 3. The van der Waals surface area contributed by atoms with E-state index in [4.69, 9.17) is 5.73 Å². The molecule has 2 atom stereocenters. The summed E-state index contributed by atoms with van der Waals surface area (Å²) in [4.78, 5) is 42.3. The molecule has 0 aromatic rings. The average molecular weight is 371 g/mol. The first-order valence-corrected chi connectivity index (χ1v) is 9.49. The molecule has 0 aliphatic heterocycles. The quantitative estimate of drug-likeness (QED) is 0.561. The van der Waals surface area contributed by atoms with E-state index in [1.54, 1.807) is 14.1 Å². The number of likely N-dealkylation sites (N-methyl/N-ethyl adjacent to an activating group) is 2. The monoisotopic (exact) mass is 370 g/mol. The summed E-state index contributed by atoms with van der Waals surface area (Å²) in [5.41, 5.74) is 5.53. The first-order valence-electron chi connectivity index (χ1n) is 9.49. The topological polar surface area (TPSA) is 87.0 Å². The Morgan fingerprint density at radius 3 is 1.96 bits per heavy atom. The van der Waals surface area contributed by atoms with Crippen LogP contribution in [0.25, 0.3) is 0 Å². The summed E-state index contributed by atoms with van der Waals surface area (Å²) in [6, 6.07) is -1.23. The van der Waals surface area contributed by atoms with Crippen LogP contribution in [0, 0.1) is 5.92 Å². The van der Waals surface area contributed by atoms with Crippen LogP contribution in [0.1, 0.15) is 52.9 Å². The first kappa shape index (κ1) is 24.4. The van der Waals surface area contributed by atoms with Crippen LogP contribution < -0.4 is 5.73 Å². The van der Waals surface area contributed by atoms with Crippen molar-refractivity contribution >= 4 is 17.7 Å². The number of carbonyl (C=O) groups excluding carboxylic acids is 3. The van der Waals surface area contributed by atoms with Crippen molar-refractivity contribution in [3.8, 4) is 0 Å². The van der Waals surface area contributed by atoms with Crippen molar-refractivity contribution in [2.75, 3.05) is 34.7 Å². The molecule has 0 saturated carbocycles. The van der Waals surface area contributed by atoms with Crippen LogP contribution in [0.2, 0.25) is 0 Å². The average Bonchev–Trinajstić information content (AvgIpc) is 2.54. The molecule has 7 heteroatoms. The van der Waals surface area contributed by atoms with Gasteiger partial charge in [0.15, 0.2) is 0 Å².